The Balaban J connectivity index is 0.00000256. The number of rotatable bonds is 6. The Morgan fingerprint density at radius 3 is 2.71 bits per heavy atom. The Kier molecular flexibility index (Phi) is 7.53. The minimum absolute atomic E-state index is 0. The molecule has 0 aromatic carbocycles. The number of carbonyl (C=O) groups excluding carboxylic acids is 1. The van der Waals surface area contributed by atoms with Crippen molar-refractivity contribution in [2.75, 3.05) is 32.1 Å². The van der Waals surface area contributed by atoms with Crippen LogP contribution in [0.2, 0.25) is 0 Å². The van der Waals surface area contributed by atoms with Gasteiger partial charge in [0, 0.05) is 13.7 Å². The van der Waals surface area contributed by atoms with Gasteiger partial charge in [0.1, 0.15) is 0 Å². The highest BCUT2D eigenvalue weighted by molar-refractivity contribution is 5.93. The van der Waals surface area contributed by atoms with Crippen molar-refractivity contribution >= 4 is 24.0 Å². The zero-order valence-electron chi connectivity index (χ0n) is 10.3. The van der Waals surface area contributed by atoms with E-state index in [4.69, 9.17) is 4.74 Å². The Morgan fingerprint density at radius 2 is 2.18 bits per heavy atom. The lowest BCUT2D eigenvalue weighted by Crippen LogP contribution is -2.30. The quantitative estimate of drug-likeness (QED) is 0.657. The molecule has 1 aromatic heterocycles. The van der Waals surface area contributed by atoms with Crippen LogP contribution in [0.4, 0.5) is 5.69 Å². The topological polar surface area (TPSA) is 79.0 Å². The van der Waals surface area contributed by atoms with Crippen molar-refractivity contribution in [3.63, 3.8) is 0 Å². The minimum Gasteiger partial charge on any atom is -0.383 e. The van der Waals surface area contributed by atoms with Crippen LogP contribution >= 0.6 is 12.4 Å². The summed E-state index contributed by atoms with van der Waals surface area (Å²) < 4.78 is 4.86. The highest BCUT2D eigenvalue weighted by Gasteiger charge is 2.09. The van der Waals surface area contributed by atoms with Gasteiger partial charge in [-0.1, -0.05) is 0 Å². The molecule has 0 radical (unpaired) electrons. The molecule has 7 heteroatoms. The predicted octanol–water partition coefficient (Wildman–Crippen LogP) is 0.623. The normalized spacial score (nSPS) is 9.82. The molecular weight excluding hydrogens is 244 g/mol. The number of H-pyrrole nitrogens is 1. The Hall–Kier alpha value is -1.11. The second kappa shape index (κ2) is 8.05. The van der Waals surface area contributed by atoms with Gasteiger partial charge in [-0.25, -0.2) is 0 Å². The molecule has 0 aliphatic carbocycles. The van der Waals surface area contributed by atoms with E-state index in [2.05, 4.69) is 20.8 Å². The number of ether oxygens (including phenoxy) is 1. The molecule has 0 saturated heterocycles. The maximum atomic E-state index is 11.5. The number of amides is 1. The zero-order chi connectivity index (χ0) is 12.0. The van der Waals surface area contributed by atoms with Crippen LogP contribution in [0.1, 0.15) is 11.4 Å². The third-order valence-corrected chi connectivity index (χ3v) is 2.16. The van der Waals surface area contributed by atoms with Crippen LogP contribution in [0.25, 0.3) is 0 Å². The number of aromatic amines is 1. The Bertz CT molecular complexity index is 335. The third kappa shape index (κ3) is 5.16. The summed E-state index contributed by atoms with van der Waals surface area (Å²) in [7, 11) is 1.62. The van der Waals surface area contributed by atoms with Gasteiger partial charge in [-0.15, -0.1) is 12.4 Å². The zero-order valence-corrected chi connectivity index (χ0v) is 11.1. The van der Waals surface area contributed by atoms with Crippen LogP contribution in [0.3, 0.4) is 0 Å². The summed E-state index contributed by atoms with van der Waals surface area (Å²) in [6, 6.07) is 0. The first-order valence-corrected chi connectivity index (χ1v) is 5.16. The SMILES string of the molecule is COCCNCC(=O)Nc1c(C)n[nH]c1C.Cl. The first-order valence-electron chi connectivity index (χ1n) is 5.16. The fourth-order valence-corrected chi connectivity index (χ4v) is 1.29. The number of nitrogens with one attached hydrogen (secondary N) is 3. The molecule has 0 fully saturated rings. The third-order valence-electron chi connectivity index (χ3n) is 2.16. The van der Waals surface area contributed by atoms with Crippen LogP contribution in [0.5, 0.6) is 0 Å². The van der Waals surface area contributed by atoms with Crippen molar-refractivity contribution in [2.45, 2.75) is 13.8 Å². The van der Waals surface area contributed by atoms with E-state index in [1.165, 1.54) is 0 Å². The number of anilines is 1. The van der Waals surface area contributed by atoms with Gasteiger partial charge in [0.25, 0.3) is 0 Å². The number of hydrogen-bond donors (Lipinski definition) is 3. The highest BCUT2D eigenvalue weighted by Crippen LogP contribution is 2.15. The second-order valence-electron chi connectivity index (χ2n) is 3.53. The van der Waals surface area contributed by atoms with Gasteiger partial charge >= 0.3 is 0 Å². The van der Waals surface area contributed by atoms with E-state index in [0.29, 0.717) is 13.2 Å². The largest absolute Gasteiger partial charge is 0.383 e. The molecule has 0 saturated carbocycles. The van der Waals surface area contributed by atoms with Gasteiger partial charge in [0.2, 0.25) is 5.91 Å². The summed E-state index contributed by atoms with van der Waals surface area (Å²) >= 11 is 0. The molecule has 1 aromatic rings. The number of hydrogen-bond acceptors (Lipinski definition) is 4. The lowest BCUT2D eigenvalue weighted by Gasteiger charge is -2.06. The molecule has 0 aliphatic rings. The van der Waals surface area contributed by atoms with E-state index in [1.54, 1.807) is 7.11 Å². The molecule has 6 nitrogen and oxygen atoms in total. The Labute approximate surface area is 107 Å². The van der Waals surface area contributed by atoms with Crippen molar-refractivity contribution in [1.82, 2.24) is 15.5 Å². The molecule has 0 aliphatic heterocycles. The molecule has 3 N–H and O–H groups in total. The van der Waals surface area contributed by atoms with Crippen molar-refractivity contribution in [3.8, 4) is 0 Å². The van der Waals surface area contributed by atoms with Crippen molar-refractivity contribution in [1.29, 1.82) is 0 Å². The maximum absolute atomic E-state index is 11.5. The summed E-state index contributed by atoms with van der Waals surface area (Å²) in [4.78, 5) is 11.5. The van der Waals surface area contributed by atoms with E-state index in [-0.39, 0.29) is 24.9 Å². The number of carbonyl (C=O) groups is 1. The molecule has 1 amide bonds. The van der Waals surface area contributed by atoms with Gasteiger partial charge < -0.3 is 15.4 Å². The first kappa shape index (κ1) is 15.9. The van der Waals surface area contributed by atoms with Crippen LogP contribution in [0, 0.1) is 13.8 Å². The van der Waals surface area contributed by atoms with Crippen molar-refractivity contribution in [3.05, 3.63) is 11.4 Å². The van der Waals surface area contributed by atoms with E-state index in [0.717, 1.165) is 17.1 Å². The van der Waals surface area contributed by atoms with E-state index in [9.17, 15) is 4.79 Å². The molecule has 17 heavy (non-hydrogen) atoms. The fraction of sp³-hybridized carbons (Fsp3) is 0.600. The van der Waals surface area contributed by atoms with E-state index >= 15 is 0 Å². The van der Waals surface area contributed by atoms with Gasteiger partial charge in [-0.3, -0.25) is 9.89 Å². The molecule has 1 rings (SSSR count). The second-order valence-corrected chi connectivity index (χ2v) is 3.53. The number of aromatic nitrogens is 2. The molecule has 0 bridgehead atoms. The molecule has 0 spiro atoms. The van der Waals surface area contributed by atoms with Gasteiger partial charge in [-0.05, 0) is 13.8 Å². The maximum Gasteiger partial charge on any atom is 0.238 e. The molecule has 0 atom stereocenters. The lowest BCUT2D eigenvalue weighted by molar-refractivity contribution is -0.115. The average molecular weight is 263 g/mol. The number of aryl methyl sites for hydroxylation is 2. The summed E-state index contributed by atoms with van der Waals surface area (Å²) in [5.41, 5.74) is 2.42. The smallest absolute Gasteiger partial charge is 0.238 e. The highest BCUT2D eigenvalue weighted by atomic mass is 35.5. The fourth-order valence-electron chi connectivity index (χ4n) is 1.29. The molecular formula is C10H19ClN4O2. The Morgan fingerprint density at radius 1 is 1.47 bits per heavy atom. The van der Waals surface area contributed by atoms with Crippen molar-refractivity contribution in [2.24, 2.45) is 0 Å². The van der Waals surface area contributed by atoms with Crippen molar-refractivity contribution < 1.29 is 9.53 Å². The number of methoxy groups -OCH3 is 1. The summed E-state index contributed by atoms with van der Waals surface area (Å²) in [5, 5.41) is 12.6. The molecule has 0 unspecified atom stereocenters. The standard InChI is InChI=1S/C10H18N4O2.ClH/c1-7-10(8(2)14-13-7)12-9(15)6-11-4-5-16-3;/h11H,4-6H2,1-3H3,(H,12,15)(H,13,14);1H. The van der Waals surface area contributed by atoms with E-state index < -0.39 is 0 Å². The van der Waals surface area contributed by atoms with Crippen LogP contribution in [-0.2, 0) is 9.53 Å². The molecule has 98 valence electrons. The lowest BCUT2D eigenvalue weighted by atomic mass is 10.3. The van der Waals surface area contributed by atoms with Gasteiger partial charge in [0.05, 0.1) is 30.2 Å². The van der Waals surface area contributed by atoms with Crippen LogP contribution in [-0.4, -0.2) is 42.9 Å². The first-order chi connectivity index (χ1) is 7.65. The number of nitrogens with zero attached hydrogens (tertiary/aromatic N) is 1. The summed E-state index contributed by atoms with van der Waals surface area (Å²) in [6.45, 7) is 5.24. The summed E-state index contributed by atoms with van der Waals surface area (Å²) in [6.07, 6.45) is 0. The molecule has 1 heterocycles. The van der Waals surface area contributed by atoms with Gasteiger partial charge in [0.15, 0.2) is 0 Å². The summed E-state index contributed by atoms with van der Waals surface area (Å²) in [5.74, 6) is -0.0799. The number of halogens is 1. The minimum atomic E-state index is -0.0799. The van der Waals surface area contributed by atoms with E-state index in [1.807, 2.05) is 13.8 Å². The van der Waals surface area contributed by atoms with Crippen LogP contribution < -0.4 is 10.6 Å². The average Bonchev–Trinajstić information content (AvgIpc) is 2.56. The predicted molar refractivity (Wildman–Crippen MR) is 68.7 cm³/mol. The van der Waals surface area contributed by atoms with Crippen LogP contribution in [0.15, 0.2) is 0 Å². The monoisotopic (exact) mass is 262 g/mol. The van der Waals surface area contributed by atoms with Gasteiger partial charge in [-0.2, -0.15) is 5.10 Å².